The van der Waals surface area contributed by atoms with E-state index < -0.39 is 0 Å². The minimum Gasteiger partial charge on any atom is -0.331 e. The lowest BCUT2D eigenvalue weighted by molar-refractivity contribution is 0.214. The first-order valence-electron chi connectivity index (χ1n) is 6.90. The van der Waals surface area contributed by atoms with Gasteiger partial charge in [-0.1, -0.05) is 13.8 Å². The third-order valence-corrected chi connectivity index (χ3v) is 3.96. The molecule has 0 aromatic carbocycles. The van der Waals surface area contributed by atoms with Crippen LogP contribution in [0.4, 0.5) is 0 Å². The summed E-state index contributed by atoms with van der Waals surface area (Å²) in [5.41, 5.74) is 7.69. The van der Waals surface area contributed by atoms with E-state index in [1.807, 2.05) is 12.5 Å². The number of hydrogen-bond donors (Lipinski definition) is 1. The van der Waals surface area contributed by atoms with E-state index in [9.17, 15) is 0 Å². The second kappa shape index (κ2) is 5.02. The number of likely N-dealkylation sites (tertiary alicyclic amines) is 1. The Morgan fingerprint density at radius 3 is 2.67 bits per heavy atom. The van der Waals surface area contributed by atoms with Gasteiger partial charge in [0.15, 0.2) is 0 Å². The van der Waals surface area contributed by atoms with E-state index >= 15 is 0 Å². The summed E-state index contributed by atoms with van der Waals surface area (Å²) in [5, 5.41) is 0. The molecule has 1 atom stereocenters. The van der Waals surface area contributed by atoms with Gasteiger partial charge in [0, 0.05) is 25.3 Å². The Labute approximate surface area is 110 Å². The van der Waals surface area contributed by atoms with Crippen molar-refractivity contribution in [3.05, 3.63) is 18.2 Å². The van der Waals surface area contributed by atoms with Gasteiger partial charge in [-0.15, -0.1) is 0 Å². The van der Waals surface area contributed by atoms with Crippen LogP contribution in [0.1, 0.15) is 51.9 Å². The third kappa shape index (κ3) is 2.59. The van der Waals surface area contributed by atoms with Gasteiger partial charge in [0.1, 0.15) is 0 Å². The molecular weight excluding hydrogens is 224 g/mol. The Balaban J connectivity index is 2.21. The summed E-state index contributed by atoms with van der Waals surface area (Å²) in [5.74, 6) is 0. The quantitative estimate of drug-likeness (QED) is 0.891. The molecule has 0 aliphatic carbocycles. The molecule has 1 aromatic rings. The molecule has 2 rings (SSSR count). The summed E-state index contributed by atoms with van der Waals surface area (Å²) in [6.45, 7) is 12.0. The van der Waals surface area contributed by atoms with Crippen LogP contribution in [-0.2, 0) is 0 Å². The van der Waals surface area contributed by atoms with Crippen molar-refractivity contribution in [1.82, 2.24) is 14.5 Å². The molecular formula is C14H26N4. The van der Waals surface area contributed by atoms with Crippen LogP contribution in [0.15, 0.2) is 12.5 Å². The van der Waals surface area contributed by atoms with Crippen LogP contribution in [0.2, 0.25) is 0 Å². The Hall–Kier alpha value is -0.870. The average molecular weight is 250 g/mol. The van der Waals surface area contributed by atoms with Crippen LogP contribution in [0, 0.1) is 5.41 Å². The minimum atomic E-state index is 0.302. The molecule has 4 nitrogen and oxygen atoms in total. The SMILES string of the molecule is CC(C)n1cncc1C(CN)N1CCC(C)(C)C1. The number of aromatic nitrogens is 2. The Morgan fingerprint density at radius 1 is 1.44 bits per heavy atom. The van der Waals surface area contributed by atoms with E-state index in [4.69, 9.17) is 5.73 Å². The zero-order valence-electron chi connectivity index (χ0n) is 12.1. The first-order chi connectivity index (χ1) is 8.44. The molecule has 0 saturated carbocycles. The van der Waals surface area contributed by atoms with Crippen molar-refractivity contribution in [3.63, 3.8) is 0 Å². The van der Waals surface area contributed by atoms with Crippen molar-refractivity contribution < 1.29 is 0 Å². The topological polar surface area (TPSA) is 47.1 Å². The molecule has 102 valence electrons. The Kier molecular flexibility index (Phi) is 3.78. The van der Waals surface area contributed by atoms with Crippen LogP contribution in [0.25, 0.3) is 0 Å². The van der Waals surface area contributed by atoms with Crippen molar-refractivity contribution in [2.45, 2.75) is 46.2 Å². The molecule has 0 bridgehead atoms. The molecule has 1 aliphatic heterocycles. The Bertz CT molecular complexity index is 394. The molecule has 18 heavy (non-hydrogen) atoms. The van der Waals surface area contributed by atoms with Gasteiger partial charge in [0.25, 0.3) is 0 Å². The zero-order chi connectivity index (χ0) is 13.3. The van der Waals surface area contributed by atoms with E-state index in [0.29, 0.717) is 24.0 Å². The number of rotatable bonds is 4. The molecule has 0 spiro atoms. The van der Waals surface area contributed by atoms with Gasteiger partial charge in [0.2, 0.25) is 0 Å². The zero-order valence-corrected chi connectivity index (χ0v) is 12.1. The Morgan fingerprint density at radius 2 is 2.17 bits per heavy atom. The maximum Gasteiger partial charge on any atom is 0.0951 e. The van der Waals surface area contributed by atoms with Crippen LogP contribution in [0.5, 0.6) is 0 Å². The van der Waals surface area contributed by atoms with Crippen molar-refractivity contribution in [2.24, 2.45) is 11.1 Å². The maximum atomic E-state index is 6.02. The molecule has 4 heteroatoms. The smallest absolute Gasteiger partial charge is 0.0951 e. The largest absolute Gasteiger partial charge is 0.331 e. The van der Waals surface area contributed by atoms with Crippen molar-refractivity contribution in [3.8, 4) is 0 Å². The summed E-state index contributed by atoms with van der Waals surface area (Å²) < 4.78 is 2.24. The summed E-state index contributed by atoms with van der Waals surface area (Å²) in [7, 11) is 0. The molecule has 0 radical (unpaired) electrons. The highest BCUT2D eigenvalue weighted by Gasteiger charge is 2.34. The predicted octanol–water partition coefficient (Wildman–Crippen LogP) is 2.20. The van der Waals surface area contributed by atoms with Crippen molar-refractivity contribution in [1.29, 1.82) is 0 Å². The number of nitrogens with zero attached hydrogens (tertiary/aromatic N) is 3. The normalized spacial score (nSPS) is 21.7. The van der Waals surface area contributed by atoms with E-state index in [-0.39, 0.29) is 0 Å². The standard InChI is InChI=1S/C14H26N4/c1-11(2)18-10-16-8-13(18)12(7-15)17-6-5-14(3,4)9-17/h8,10-12H,5-7,9,15H2,1-4H3. The van der Waals surface area contributed by atoms with Gasteiger partial charge < -0.3 is 10.3 Å². The van der Waals surface area contributed by atoms with E-state index in [2.05, 4.69) is 42.1 Å². The molecule has 1 fully saturated rings. The van der Waals surface area contributed by atoms with Crippen LogP contribution < -0.4 is 5.73 Å². The van der Waals surface area contributed by atoms with Crippen molar-refractivity contribution in [2.75, 3.05) is 19.6 Å². The number of imidazole rings is 1. The van der Waals surface area contributed by atoms with E-state index in [1.54, 1.807) is 0 Å². The third-order valence-electron chi connectivity index (χ3n) is 3.96. The number of hydrogen-bond acceptors (Lipinski definition) is 3. The lowest BCUT2D eigenvalue weighted by Crippen LogP contribution is -2.34. The highest BCUT2D eigenvalue weighted by molar-refractivity contribution is 5.09. The van der Waals surface area contributed by atoms with Crippen LogP contribution in [-0.4, -0.2) is 34.1 Å². The lowest BCUT2D eigenvalue weighted by atomic mass is 9.93. The first-order valence-corrected chi connectivity index (χ1v) is 6.90. The van der Waals surface area contributed by atoms with Gasteiger partial charge in [-0.3, -0.25) is 4.90 Å². The second-order valence-electron chi connectivity index (χ2n) is 6.46. The fourth-order valence-electron chi connectivity index (χ4n) is 2.88. The molecule has 1 aromatic heterocycles. The summed E-state index contributed by atoms with van der Waals surface area (Å²) in [6.07, 6.45) is 5.14. The number of nitrogens with two attached hydrogens (primary N) is 1. The highest BCUT2D eigenvalue weighted by atomic mass is 15.2. The van der Waals surface area contributed by atoms with Gasteiger partial charge in [0.05, 0.1) is 18.1 Å². The highest BCUT2D eigenvalue weighted by Crippen LogP contribution is 2.34. The molecule has 2 heterocycles. The van der Waals surface area contributed by atoms with E-state index in [1.165, 1.54) is 12.1 Å². The van der Waals surface area contributed by atoms with Gasteiger partial charge >= 0.3 is 0 Å². The van der Waals surface area contributed by atoms with Crippen molar-refractivity contribution >= 4 is 0 Å². The summed E-state index contributed by atoms with van der Waals surface area (Å²) in [6, 6.07) is 0.740. The first kappa shape index (κ1) is 13.6. The summed E-state index contributed by atoms with van der Waals surface area (Å²) >= 11 is 0. The predicted molar refractivity (Wildman–Crippen MR) is 74.4 cm³/mol. The molecule has 2 N–H and O–H groups in total. The molecule has 0 amide bonds. The second-order valence-corrected chi connectivity index (χ2v) is 6.46. The molecule has 1 aliphatic rings. The summed E-state index contributed by atoms with van der Waals surface area (Å²) in [4.78, 5) is 6.81. The maximum absolute atomic E-state index is 6.02. The fraction of sp³-hybridized carbons (Fsp3) is 0.786. The molecule has 1 unspecified atom stereocenters. The van der Waals surface area contributed by atoms with Gasteiger partial charge in [-0.2, -0.15) is 0 Å². The van der Waals surface area contributed by atoms with Crippen LogP contribution >= 0.6 is 0 Å². The van der Waals surface area contributed by atoms with Crippen LogP contribution in [0.3, 0.4) is 0 Å². The molecule has 1 saturated heterocycles. The van der Waals surface area contributed by atoms with Gasteiger partial charge in [-0.05, 0) is 32.2 Å². The average Bonchev–Trinajstić information content (AvgIpc) is 2.87. The fourth-order valence-corrected chi connectivity index (χ4v) is 2.88. The lowest BCUT2D eigenvalue weighted by Gasteiger charge is -2.29. The minimum absolute atomic E-state index is 0.302. The van der Waals surface area contributed by atoms with E-state index in [0.717, 1.165) is 13.1 Å². The van der Waals surface area contributed by atoms with Gasteiger partial charge in [-0.25, -0.2) is 4.98 Å². The monoisotopic (exact) mass is 250 g/mol.